The lowest BCUT2D eigenvalue weighted by Crippen LogP contribution is -2.36. The van der Waals surface area contributed by atoms with Crippen molar-refractivity contribution >= 4 is 50.2 Å². The van der Waals surface area contributed by atoms with Crippen molar-refractivity contribution in [3.05, 3.63) is 36.2 Å². The highest BCUT2D eigenvalue weighted by Gasteiger charge is 2.23. The van der Waals surface area contributed by atoms with E-state index in [2.05, 4.69) is 25.9 Å². The summed E-state index contributed by atoms with van der Waals surface area (Å²) in [6.07, 6.45) is 3.57. The van der Waals surface area contributed by atoms with Gasteiger partial charge in [-0.3, -0.25) is 4.79 Å². The zero-order valence-corrected chi connectivity index (χ0v) is 17.5. The van der Waals surface area contributed by atoms with E-state index in [0.717, 1.165) is 66.2 Å². The molecule has 2 aliphatic rings. The lowest BCUT2D eigenvalue weighted by Gasteiger charge is -2.29. The van der Waals surface area contributed by atoms with E-state index in [1.807, 2.05) is 23.1 Å². The first-order valence-corrected chi connectivity index (χ1v) is 11.5. The van der Waals surface area contributed by atoms with Gasteiger partial charge in [-0.05, 0) is 24.5 Å². The topological polar surface area (TPSA) is 71.5 Å². The third-order valence-corrected chi connectivity index (χ3v) is 7.39. The summed E-state index contributed by atoms with van der Waals surface area (Å²) in [5, 5.41) is 1.77. The van der Waals surface area contributed by atoms with Crippen LogP contribution in [0.3, 0.4) is 0 Å². The minimum atomic E-state index is 0.117. The summed E-state index contributed by atoms with van der Waals surface area (Å²) < 4.78 is 6.38. The number of aryl methyl sites for hydroxylation is 1. The first kappa shape index (κ1) is 18.8. The summed E-state index contributed by atoms with van der Waals surface area (Å²) in [6.45, 7) is 3.88. The fourth-order valence-corrected chi connectivity index (χ4v) is 5.73. The van der Waals surface area contributed by atoms with Crippen LogP contribution in [0.25, 0.3) is 10.3 Å². The fourth-order valence-electron chi connectivity index (χ4n) is 3.72. The second-order valence-corrected chi connectivity index (χ2v) is 8.94. The lowest BCUT2D eigenvalue weighted by molar-refractivity contribution is -0.116. The molecule has 0 bridgehead atoms. The maximum absolute atomic E-state index is 13.0. The number of thioether (sulfide) groups is 1. The van der Waals surface area contributed by atoms with Crippen LogP contribution in [0.1, 0.15) is 12.0 Å². The largest absolute Gasteiger partial charge is 0.378 e. The highest BCUT2D eigenvalue weighted by molar-refractivity contribution is 8.00. The lowest BCUT2D eigenvalue weighted by atomic mass is 10.0. The summed E-state index contributed by atoms with van der Waals surface area (Å²) in [4.78, 5) is 30.5. The Morgan fingerprint density at radius 2 is 2.03 bits per heavy atom. The summed E-state index contributed by atoms with van der Waals surface area (Å²) in [5.74, 6) is 0.470. The molecular formula is C20H21N5O2S2. The predicted molar refractivity (Wildman–Crippen MR) is 116 cm³/mol. The van der Waals surface area contributed by atoms with Gasteiger partial charge in [-0.2, -0.15) is 4.98 Å². The van der Waals surface area contributed by atoms with Crippen molar-refractivity contribution in [2.24, 2.45) is 0 Å². The van der Waals surface area contributed by atoms with Crippen LogP contribution in [-0.4, -0.2) is 59.5 Å². The van der Waals surface area contributed by atoms with Crippen molar-refractivity contribution in [1.29, 1.82) is 0 Å². The Balaban J connectivity index is 1.33. The van der Waals surface area contributed by atoms with Gasteiger partial charge in [0.2, 0.25) is 5.91 Å². The van der Waals surface area contributed by atoms with Gasteiger partial charge in [0.1, 0.15) is 16.1 Å². The molecule has 0 aliphatic carbocycles. The molecule has 0 radical (unpaired) electrons. The van der Waals surface area contributed by atoms with E-state index in [0.29, 0.717) is 11.4 Å². The fraction of sp³-hybridized carbons (Fsp3) is 0.400. The second kappa shape index (κ2) is 8.25. The Kier molecular flexibility index (Phi) is 5.34. The van der Waals surface area contributed by atoms with E-state index in [-0.39, 0.29) is 5.91 Å². The number of hydrogen-bond donors (Lipinski definition) is 0. The molecule has 1 fully saturated rings. The zero-order valence-electron chi connectivity index (χ0n) is 15.9. The van der Waals surface area contributed by atoms with Crippen molar-refractivity contribution in [1.82, 2.24) is 15.0 Å². The molecule has 150 valence electrons. The molecule has 0 atom stereocenters. The molecule has 29 heavy (non-hydrogen) atoms. The van der Waals surface area contributed by atoms with Crippen LogP contribution in [0.15, 0.2) is 35.6 Å². The average molecular weight is 428 g/mol. The summed E-state index contributed by atoms with van der Waals surface area (Å²) >= 11 is 3.07. The second-order valence-electron chi connectivity index (χ2n) is 6.99. The highest BCUT2D eigenvalue weighted by atomic mass is 32.2. The number of fused-ring (bicyclic) bond motifs is 2. The Labute approximate surface area is 177 Å². The van der Waals surface area contributed by atoms with Crippen molar-refractivity contribution in [3.63, 3.8) is 0 Å². The minimum absolute atomic E-state index is 0.117. The molecule has 1 saturated heterocycles. The Hall–Kier alpha value is -2.23. The number of ether oxygens (including phenoxy) is 1. The van der Waals surface area contributed by atoms with Crippen LogP contribution >= 0.6 is 23.1 Å². The molecule has 0 unspecified atom stereocenters. The Morgan fingerprint density at radius 3 is 2.93 bits per heavy atom. The van der Waals surface area contributed by atoms with Gasteiger partial charge in [-0.25, -0.2) is 9.97 Å². The minimum Gasteiger partial charge on any atom is -0.378 e. The number of hydrogen-bond acceptors (Lipinski definition) is 8. The number of anilines is 2. The molecule has 9 heteroatoms. The number of amides is 1. The number of rotatable bonds is 4. The predicted octanol–water partition coefficient (Wildman–Crippen LogP) is 2.99. The van der Waals surface area contributed by atoms with E-state index in [1.54, 1.807) is 11.3 Å². The molecule has 1 aromatic carbocycles. The van der Waals surface area contributed by atoms with Crippen LogP contribution < -0.4 is 9.80 Å². The van der Waals surface area contributed by atoms with E-state index in [9.17, 15) is 4.79 Å². The molecule has 2 aliphatic heterocycles. The first-order valence-electron chi connectivity index (χ1n) is 9.75. The number of para-hydroxylation sites is 1. The van der Waals surface area contributed by atoms with Crippen LogP contribution in [0, 0.1) is 0 Å². The molecule has 7 nitrogen and oxygen atoms in total. The zero-order chi connectivity index (χ0) is 19.6. The van der Waals surface area contributed by atoms with Crippen molar-refractivity contribution in [3.8, 4) is 0 Å². The van der Waals surface area contributed by atoms with E-state index >= 15 is 0 Å². The van der Waals surface area contributed by atoms with E-state index in [1.165, 1.54) is 23.7 Å². The highest BCUT2D eigenvalue weighted by Crippen LogP contribution is 2.34. The molecule has 0 N–H and O–H groups in total. The summed E-state index contributed by atoms with van der Waals surface area (Å²) in [6, 6.07) is 8.18. The number of morpholine rings is 1. The third kappa shape index (κ3) is 3.82. The SMILES string of the molecule is O=C(CSc1ncnc2nc(N3CCOCC3)sc12)N1CCCc2ccccc21. The number of aromatic nitrogens is 3. The quantitative estimate of drug-likeness (QED) is 0.468. The normalized spacial score (nSPS) is 16.8. The van der Waals surface area contributed by atoms with Gasteiger partial charge in [-0.15, -0.1) is 0 Å². The number of benzene rings is 1. The Morgan fingerprint density at radius 1 is 1.17 bits per heavy atom. The average Bonchev–Trinajstić information content (AvgIpc) is 3.23. The van der Waals surface area contributed by atoms with Crippen LogP contribution in [-0.2, 0) is 16.0 Å². The smallest absolute Gasteiger partial charge is 0.237 e. The third-order valence-electron chi connectivity index (χ3n) is 5.17. The first-order chi connectivity index (χ1) is 14.3. The van der Waals surface area contributed by atoms with Gasteiger partial charge in [0.25, 0.3) is 0 Å². The number of carbonyl (C=O) groups excluding carboxylic acids is 1. The standard InChI is InChI=1S/C20H21N5O2S2/c26-16(25-7-3-5-14-4-1-2-6-15(14)25)12-28-19-17-18(21-13-22-19)23-20(29-17)24-8-10-27-11-9-24/h1-2,4,6,13H,3,5,7-12H2. The molecule has 2 aromatic heterocycles. The molecule has 0 saturated carbocycles. The summed E-state index contributed by atoms with van der Waals surface area (Å²) in [7, 11) is 0. The number of nitrogens with zero attached hydrogens (tertiary/aromatic N) is 5. The maximum atomic E-state index is 13.0. The van der Waals surface area contributed by atoms with Crippen molar-refractivity contribution in [2.45, 2.75) is 17.9 Å². The maximum Gasteiger partial charge on any atom is 0.237 e. The van der Waals surface area contributed by atoms with Crippen LogP contribution in [0.4, 0.5) is 10.8 Å². The van der Waals surface area contributed by atoms with Gasteiger partial charge >= 0.3 is 0 Å². The van der Waals surface area contributed by atoms with Crippen molar-refractivity contribution in [2.75, 3.05) is 48.4 Å². The van der Waals surface area contributed by atoms with E-state index < -0.39 is 0 Å². The molecule has 3 aromatic rings. The Bertz CT molecular complexity index is 1030. The molecule has 4 heterocycles. The monoisotopic (exact) mass is 427 g/mol. The molecular weight excluding hydrogens is 406 g/mol. The number of carbonyl (C=O) groups is 1. The van der Waals surface area contributed by atoms with Gasteiger partial charge in [-0.1, -0.05) is 41.3 Å². The summed E-state index contributed by atoms with van der Waals surface area (Å²) in [5.41, 5.74) is 2.99. The van der Waals surface area contributed by atoms with Gasteiger partial charge < -0.3 is 14.5 Å². The van der Waals surface area contributed by atoms with Gasteiger partial charge in [0, 0.05) is 25.3 Å². The molecule has 5 rings (SSSR count). The van der Waals surface area contributed by atoms with Crippen LogP contribution in [0.2, 0.25) is 0 Å². The molecule has 0 spiro atoms. The van der Waals surface area contributed by atoms with E-state index in [4.69, 9.17) is 4.74 Å². The van der Waals surface area contributed by atoms with Crippen LogP contribution in [0.5, 0.6) is 0 Å². The van der Waals surface area contributed by atoms with Gasteiger partial charge in [0.15, 0.2) is 10.8 Å². The number of thiazole rings is 1. The van der Waals surface area contributed by atoms with Gasteiger partial charge in [0.05, 0.1) is 19.0 Å². The van der Waals surface area contributed by atoms with Crippen molar-refractivity contribution < 1.29 is 9.53 Å². The molecule has 1 amide bonds.